The maximum absolute atomic E-state index is 12.4. The van der Waals surface area contributed by atoms with Crippen LogP contribution in [0.1, 0.15) is 21.6 Å². The van der Waals surface area contributed by atoms with Crippen molar-refractivity contribution in [1.82, 2.24) is 10.3 Å². The van der Waals surface area contributed by atoms with Gasteiger partial charge in [-0.2, -0.15) is 0 Å². The molecule has 0 unspecified atom stereocenters. The van der Waals surface area contributed by atoms with Crippen molar-refractivity contribution < 1.29 is 4.79 Å². The van der Waals surface area contributed by atoms with Gasteiger partial charge in [0.2, 0.25) is 0 Å². The normalized spacial score (nSPS) is 10.8. The summed E-state index contributed by atoms with van der Waals surface area (Å²) < 4.78 is 0. The van der Waals surface area contributed by atoms with Gasteiger partial charge in [-0.1, -0.05) is 48.5 Å². The summed E-state index contributed by atoms with van der Waals surface area (Å²) in [6.45, 7) is 2.56. The number of benzene rings is 3. The maximum atomic E-state index is 12.4. The molecule has 1 aromatic heterocycles. The molecule has 0 fully saturated rings. The Morgan fingerprint density at radius 1 is 0.885 bits per heavy atom. The molecule has 0 spiro atoms. The van der Waals surface area contributed by atoms with E-state index in [1.807, 2.05) is 55.5 Å². The second-order valence-electron chi connectivity index (χ2n) is 6.50. The molecule has 0 aliphatic carbocycles. The molecule has 128 valence electrons. The van der Waals surface area contributed by atoms with Gasteiger partial charge in [-0.15, -0.1) is 0 Å². The van der Waals surface area contributed by atoms with Crippen LogP contribution in [0, 0.1) is 6.92 Å². The molecule has 0 radical (unpaired) electrons. The fourth-order valence-electron chi connectivity index (χ4n) is 3.17. The molecule has 0 aliphatic heterocycles. The Morgan fingerprint density at radius 2 is 1.62 bits per heavy atom. The molecule has 3 nitrogen and oxygen atoms in total. The number of fused-ring (bicyclic) bond motifs is 1. The molecule has 3 heteroatoms. The van der Waals surface area contributed by atoms with Crippen molar-refractivity contribution in [3.8, 4) is 11.1 Å². The first kappa shape index (κ1) is 16.2. The topological polar surface area (TPSA) is 44.9 Å². The number of H-pyrrole nitrogens is 1. The third-order valence-electron chi connectivity index (χ3n) is 4.53. The Labute approximate surface area is 152 Å². The number of hydrogen-bond donors (Lipinski definition) is 2. The Kier molecular flexibility index (Phi) is 4.28. The maximum Gasteiger partial charge on any atom is 0.251 e. The van der Waals surface area contributed by atoms with E-state index in [2.05, 4.69) is 40.6 Å². The SMILES string of the molecule is Cc1cc2cc(CNC(=O)c3ccc(-c4ccccc4)cc3)ccc2[nH]1. The van der Waals surface area contributed by atoms with Crippen LogP contribution in [0.25, 0.3) is 22.0 Å². The van der Waals surface area contributed by atoms with Crippen LogP contribution in [0.4, 0.5) is 0 Å². The highest BCUT2D eigenvalue weighted by molar-refractivity contribution is 5.94. The summed E-state index contributed by atoms with van der Waals surface area (Å²) in [6, 6.07) is 26.2. The zero-order valence-electron chi connectivity index (χ0n) is 14.6. The molecule has 1 heterocycles. The fraction of sp³-hybridized carbons (Fsp3) is 0.0870. The van der Waals surface area contributed by atoms with E-state index in [0.717, 1.165) is 27.9 Å². The van der Waals surface area contributed by atoms with E-state index in [4.69, 9.17) is 0 Å². The van der Waals surface area contributed by atoms with E-state index in [-0.39, 0.29) is 5.91 Å². The van der Waals surface area contributed by atoms with E-state index in [0.29, 0.717) is 12.1 Å². The lowest BCUT2D eigenvalue weighted by Crippen LogP contribution is -2.22. The Hall–Kier alpha value is -3.33. The van der Waals surface area contributed by atoms with Gasteiger partial charge in [0.05, 0.1) is 0 Å². The summed E-state index contributed by atoms with van der Waals surface area (Å²) in [5.74, 6) is -0.0602. The zero-order valence-corrected chi connectivity index (χ0v) is 14.6. The number of carbonyl (C=O) groups is 1. The number of aryl methyl sites for hydroxylation is 1. The standard InChI is InChI=1S/C23H20N2O/c1-16-13-21-14-17(7-12-22(21)25-16)15-24-23(26)20-10-8-19(9-11-20)18-5-3-2-4-6-18/h2-14,25H,15H2,1H3,(H,24,26). The fourth-order valence-corrected chi connectivity index (χ4v) is 3.17. The lowest BCUT2D eigenvalue weighted by molar-refractivity contribution is 0.0951. The van der Waals surface area contributed by atoms with Gasteiger partial charge in [-0.25, -0.2) is 0 Å². The van der Waals surface area contributed by atoms with E-state index >= 15 is 0 Å². The van der Waals surface area contributed by atoms with Crippen molar-refractivity contribution in [2.24, 2.45) is 0 Å². The lowest BCUT2D eigenvalue weighted by atomic mass is 10.0. The number of nitrogens with one attached hydrogen (secondary N) is 2. The monoisotopic (exact) mass is 340 g/mol. The molecule has 26 heavy (non-hydrogen) atoms. The van der Waals surface area contributed by atoms with Gasteiger partial charge in [-0.3, -0.25) is 4.79 Å². The number of amides is 1. The predicted octanol–water partition coefficient (Wildman–Crippen LogP) is 5.07. The summed E-state index contributed by atoms with van der Waals surface area (Å²) in [5, 5.41) is 4.16. The smallest absolute Gasteiger partial charge is 0.251 e. The average molecular weight is 340 g/mol. The van der Waals surface area contributed by atoms with E-state index in [1.54, 1.807) is 0 Å². The van der Waals surface area contributed by atoms with Crippen LogP contribution < -0.4 is 5.32 Å². The average Bonchev–Trinajstić information content (AvgIpc) is 3.06. The van der Waals surface area contributed by atoms with Crippen molar-refractivity contribution in [2.45, 2.75) is 13.5 Å². The zero-order chi connectivity index (χ0) is 17.9. The molecular weight excluding hydrogens is 320 g/mol. The summed E-state index contributed by atoms with van der Waals surface area (Å²) >= 11 is 0. The molecule has 0 aliphatic rings. The van der Waals surface area contributed by atoms with Gasteiger partial charge in [0, 0.05) is 23.3 Å². The third-order valence-corrected chi connectivity index (χ3v) is 4.53. The third kappa shape index (κ3) is 3.38. The molecule has 4 rings (SSSR count). The van der Waals surface area contributed by atoms with Gasteiger partial charge in [0.25, 0.3) is 5.91 Å². The first-order valence-corrected chi connectivity index (χ1v) is 8.71. The van der Waals surface area contributed by atoms with Gasteiger partial charge in [-0.05, 0) is 59.3 Å². The van der Waals surface area contributed by atoms with Crippen LogP contribution in [0.15, 0.2) is 78.9 Å². The minimum absolute atomic E-state index is 0.0602. The second kappa shape index (κ2) is 6.89. The number of hydrogen-bond acceptors (Lipinski definition) is 1. The van der Waals surface area contributed by atoms with Crippen molar-refractivity contribution in [3.63, 3.8) is 0 Å². The van der Waals surface area contributed by atoms with Crippen molar-refractivity contribution in [2.75, 3.05) is 0 Å². The van der Waals surface area contributed by atoms with Crippen molar-refractivity contribution >= 4 is 16.8 Å². The largest absolute Gasteiger partial charge is 0.359 e. The summed E-state index contributed by atoms with van der Waals surface area (Å²) in [5.41, 5.74) is 6.27. The molecule has 0 atom stereocenters. The number of carbonyl (C=O) groups excluding carboxylic acids is 1. The quantitative estimate of drug-likeness (QED) is 0.535. The lowest BCUT2D eigenvalue weighted by Gasteiger charge is -2.07. The first-order valence-electron chi connectivity index (χ1n) is 8.71. The summed E-state index contributed by atoms with van der Waals surface area (Å²) in [4.78, 5) is 15.7. The van der Waals surface area contributed by atoms with Crippen LogP contribution >= 0.6 is 0 Å². The number of rotatable bonds is 4. The van der Waals surface area contributed by atoms with Crippen molar-refractivity contribution in [1.29, 1.82) is 0 Å². The van der Waals surface area contributed by atoms with Crippen LogP contribution in [-0.2, 0) is 6.54 Å². The van der Waals surface area contributed by atoms with Gasteiger partial charge in [0.1, 0.15) is 0 Å². The minimum Gasteiger partial charge on any atom is -0.359 e. The Bertz CT molecular complexity index is 1050. The summed E-state index contributed by atoms with van der Waals surface area (Å²) in [6.07, 6.45) is 0. The van der Waals surface area contributed by atoms with E-state index in [9.17, 15) is 4.79 Å². The molecular formula is C23H20N2O. The Balaban J connectivity index is 1.44. The highest BCUT2D eigenvalue weighted by Crippen LogP contribution is 2.20. The van der Waals surface area contributed by atoms with Crippen LogP contribution in [0.5, 0.6) is 0 Å². The van der Waals surface area contributed by atoms with E-state index < -0.39 is 0 Å². The molecule has 0 bridgehead atoms. The number of aromatic nitrogens is 1. The molecule has 4 aromatic rings. The molecule has 0 saturated heterocycles. The van der Waals surface area contributed by atoms with Crippen molar-refractivity contribution in [3.05, 3.63) is 95.7 Å². The van der Waals surface area contributed by atoms with Crippen LogP contribution in [0.2, 0.25) is 0 Å². The molecule has 1 amide bonds. The van der Waals surface area contributed by atoms with Gasteiger partial charge >= 0.3 is 0 Å². The van der Waals surface area contributed by atoms with Crippen LogP contribution in [0.3, 0.4) is 0 Å². The predicted molar refractivity (Wildman–Crippen MR) is 106 cm³/mol. The molecule has 3 aromatic carbocycles. The Morgan fingerprint density at radius 3 is 2.38 bits per heavy atom. The van der Waals surface area contributed by atoms with Gasteiger partial charge < -0.3 is 10.3 Å². The molecule has 2 N–H and O–H groups in total. The highest BCUT2D eigenvalue weighted by Gasteiger charge is 2.07. The molecule has 0 saturated carbocycles. The van der Waals surface area contributed by atoms with E-state index in [1.165, 1.54) is 5.39 Å². The summed E-state index contributed by atoms with van der Waals surface area (Å²) in [7, 11) is 0. The highest BCUT2D eigenvalue weighted by atomic mass is 16.1. The minimum atomic E-state index is -0.0602. The first-order chi connectivity index (χ1) is 12.7. The van der Waals surface area contributed by atoms with Crippen LogP contribution in [-0.4, -0.2) is 10.9 Å². The second-order valence-corrected chi connectivity index (χ2v) is 6.50. The van der Waals surface area contributed by atoms with Gasteiger partial charge in [0.15, 0.2) is 0 Å². The number of aromatic amines is 1.